The quantitative estimate of drug-likeness (QED) is 0.0972. The van der Waals surface area contributed by atoms with Gasteiger partial charge in [0.2, 0.25) is 13.6 Å². The number of ketones is 2. The fourth-order valence-electron chi connectivity index (χ4n) is 10.6. The molecule has 0 amide bonds. The van der Waals surface area contributed by atoms with Gasteiger partial charge in [-0.25, -0.2) is 0 Å². The van der Waals surface area contributed by atoms with Crippen LogP contribution in [-0.2, 0) is 61.2 Å². The van der Waals surface area contributed by atoms with Gasteiger partial charge in [0.15, 0.2) is 23.0 Å². The van der Waals surface area contributed by atoms with Crippen molar-refractivity contribution in [2.75, 3.05) is 25.0 Å². The Bertz CT molecular complexity index is 2780. The number of carboxylic acid groups (broad SMARTS) is 2. The Morgan fingerprint density at radius 2 is 1.13 bits per heavy atom. The molecular formula is C56H64N2O10. The summed E-state index contributed by atoms with van der Waals surface area (Å²) >= 11 is 0. The Kier molecular flexibility index (Phi) is 12.4. The number of rotatable bonds is 16. The van der Waals surface area contributed by atoms with Crippen molar-refractivity contribution < 1.29 is 48.3 Å². The number of carbonyl (C=O) groups is 4. The van der Waals surface area contributed by atoms with Crippen molar-refractivity contribution in [1.29, 1.82) is 0 Å². The van der Waals surface area contributed by atoms with Crippen LogP contribution < -0.4 is 23.8 Å². The summed E-state index contributed by atoms with van der Waals surface area (Å²) in [5, 5.41) is 19.2. The molecule has 4 heterocycles. The van der Waals surface area contributed by atoms with Crippen LogP contribution in [-0.4, -0.2) is 64.5 Å². The third-order valence-electron chi connectivity index (χ3n) is 14.7. The molecule has 0 spiro atoms. The van der Waals surface area contributed by atoms with Crippen LogP contribution in [0, 0.1) is 5.41 Å². The molecule has 1 aromatic heterocycles. The number of aromatic nitrogens is 1. The number of carbonyl (C=O) groups excluding carboxylic acids is 2. The average Bonchev–Trinajstić information content (AvgIpc) is 4.04. The second kappa shape index (κ2) is 18.0. The van der Waals surface area contributed by atoms with Crippen molar-refractivity contribution in [2.24, 2.45) is 5.41 Å². The van der Waals surface area contributed by atoms with E-state index in [1.165, 1.54) is 16.9 Å². The standard InChI is InChI=1S/C28H33NO5.C28H31NO5/c2*1-27(2,3)24-15-19-13-18(6-8-21(19)29(24)12-4-5-26(31)32)14-25(30)28(10-11-28)20-7-9-22-23(16-20)34-17-33-22/h6-9,13,16,24H,4-5,10-12,14-15,17H2,1-3H3,(H,31,32);6-9,13,15-16H,4-5,10-12,14,17H2,1-3H3,(H,31,32). The number of hydrogen-bond donors (Lipinski definition) is 2. The Hall–Kier alpha value is -6.30. The zero-order valence-electron chi connectivity index (χ0n) is 40.2. The Balaban J connectivity index is 0.000000170. The molecule has 12 nitrogen and oxygen atoms in total. The fourth-order valence-corrected chi connectivity index (χ4v) is 10.6. The summed E-state index contributed by atoms with van der Waals surface area (Å²) in [7, 11) is 0. The molecule has 2 fully saturated rings. The highest BCUT2D eigenvalue weighted by molar-refractivity contribution is 5.96. The molecule has 0 bridgehead atoms. The second-order valence-corrected chi connectivity index (χ2v) is 21.6. The zero-order chi connectivity index (χ0) is 48.2. The minimum atomic E-state index is -0.772. The monoisotopic (exact) mass is 924 g/mol. The number of carboxylic acids is 2. The SMILES string of the molecule is CC(C)(C)C1Cc2cc(CC(=O)C3(c4ccc5c(c4)OCO5)CC3)ccc2N1CCCC(=O)O.CC(C)(C)c1cc2cc(CC(=O)C3(c4ccc5c(c4)OCO5)CC3)ccc2n1CCCC(=O)O. The van der Waals surface area contributed by atoms with Crippen molar-refractivity contribution in [3.63, 3.8) is 0 Å². The zero-order valence-corrected chi connectivity index (χ0v) is 40.2. The fraction of sp³-hybridized carbons (Fsp3) is 0.464. The first kappa shape index (κ1) is 46.8. The predicted molar refractivity (Wildman–Crippen MR) is 259 cm³/mol. The van der Waals surface area contributed by atoms with E-state index in [-0.39, 0.29) is 48.8 Å². The summed E-state index contributed by atoms with van der Waals surface area (Å²) in [4.78, 5) is 51.3. The van der Waals surface area contributed by atoms with Gasteiger partial charge >= 0.3 is 11.9 Å². The summed E-state index contributed by atoms with van der Waals surface area (Å²) in [6, 6.07) is 26.9. The molecule has 2 N–H and O–H groups in total. The summed E-state index contributed by atoms with van der Waals surface area (Å²) in [6.45, 7) is 15.1. The van der Waals surface area contributed by atoms with Crippen molar-refractivity contribution in [3.8, 4) is 23.0 Å². The molecule has 10 rings (SSSR count). The summed E-state index contributed by atoms with van der Waals surface area (Å²) in [5.74, 6) is 1.90. The topological polar surface area (TPSA) is 154 Å². The molecule has 358 valence electrons. The minimum Gasteiger partial charge on any atom is -0.481 e. The first-order valence-corrected chi connectivity index (χ1v) is 24.2. The maximum atomic E-state index is 13.5. The van der Waals surface area contributed by atoms with E-state index in [9.17, 15) is 19.2 Å². The van der Waals surface area contributed by atoms with Crippen LogP contribution in [0.25, 0.3) is 10.9 Å². The molecule has 1 unspecified atom stereocenters. The van der Waals surface area contributed by atoms with Gasteiger partial charge in [-0.1, -0.05) is 71.9 Å². The first-order chi connectivity index (χ1) is 32.3. The normalized spacial score (nSPS) is 17.9. The first-order valence-electron chi connectivity index (χ1n) is 24.2. The molecule has 5 aliphatic rings. The lowest BCUT2D eigenvalue weighted by Crippen LogP contribution is -2.42. The third-order valence-corrected chi connectivity index (χ3v) is 14.7. The van der Waals surface area contributed by atoms with E-state index in [0.717, 1.165) is 94.8 Å². The summed E-state index contributed by atoms with van der Waals surface area (Å²) < 4.78 is 24.1. The van der Waals surface area contributed by atoms with Crippen LogP contribution in [0.3, 0.4) is 0 Å². The molecule has 12 heteroatoms. The van der Waals surface area contributed by atoms with E-state index in [0.29, 0.717) is 38.3 Å². The highest BCUT2D eigenvalue weighted by Crippen LogP contribution is 2.53. The molecule has 2 aliphatic carbocycles. The van der Waals surface area contributed by atoms with Gasteiger partial charge in [0.25, 0.3) is 0 Å². The van der Waals surface area contributed by atoms with E-state index in [4.69, 9.17) is 29.2 Å². The Labute approximate surface area is 398 Å². The number of hydrogen-bond acceptors (Lipinski definition) is 9. The van der Waals surface area contributed by atoms with Gasteiger partial charge in [0.05, 0.1) is 10.8 Å². The highest BCUT2D eigenvalue weighted by Gasteiger charge is 2.52. The van der Waals surface area contributed by atoms with Gasteiger partial charge < -0.3 is 38.6 Å². The number of nitrogens with zero attached hydrogens (tertiary/aromatic N) is 2. The minimum absolute atomic E-state index is 0.0651. The van der Waals surface area contributed by atoms with Crippen molar-refractivity contribution >= 4 is 40.1 Å². The number of aliphatic carboxylic acids is 2. The van der Waals surface area contributed by atoms with Crippen LogP contribution in [0.1, 0.15) is 126 Å². The van der Waals surface area contributed by atoms with E-state index in [1.54, 1.807) is 0 Å². The van der Waals surface area contributed by atoms with Gasteiger partial charge in [0.1, 0.15) is 11.6 Å². The molecule has 0 saturated heterocycles. The molecule has 68 heavy (non-hydrogen) atoms. The Morgan fingerprint density at radius 1 is 0.618 bits per heavy atom. The van der Waals surface area contributed by atoms with Gasteiger partial charge in [-0.3, -0.25) is 19.2 Å². The van der Waals surface area contributed by atoms with E-state index in [1.807, 2.05) is 42.5 Å². The van der Waals surface area contributed by atoms with Crippen LogP contribution in [0.4, 0.5) is 5.69 Å². The van der Waals surface area contributed by atoms with E-state index >= 15 is 0 Å². The number of benzene rings is 4. The van der Waals surface area contributed by atoms with E-state index in [2.05, 4.69) is 87.4 Å². The number of Topliss-reactive ketones (excluding diaryl/α,β-unsaturated/α-hetero) is 2. The number of ether oxygens (including phenoxy) is 4. The van der Waals surface area contributed by atoms with E-state index < -0.39 is 22.8 Å². The predicted octanol–water partition coefficient (Wildman–Crippen LogP) is 10.3. The van der Waals surface area contributed by atoms with Crippen LogP contribution in [0.15, 0.2) is 78.9 Å². The van der Waals surface area contributed by atoms with Gasteiger partial charge in [-0.05, 0) is 127 Å². The average molecular weight is 925 g/mol. The molecule has 3 aliphatic heterocycles. The van der Waals surface area contributed by atoms with Gasteiger partial charge in [-0.15, -0.1) is 0 Å². The van der Waals surface area contributed by atoms with Crippen LogP contribution in [0.5, 0.6) is 23.0 Å². The summed E-state index contributed by atoms with van der Waals surface area (Å²) in [5.41, 5.74) is 7.97. The molecule has 0 radical (unpaired) electrons. The molecule has 1 atom stereocenters. The van der Waals surface area contributed by atoms with Crippen LogP contribution in [0.2, 0.25) is 0 Å². The lowest BCUT2D eigenvalue weighted by Gasteiger charge is -2.37. The number of aryl methyl sites for hydroxylation is 1. The largest absolute Gasteiger partial charge is 0.481 e. The smallest absolute Gasteiger partial charge is 0.303 e. The highest BCUT2D eigenvalue weighted by atomic mass is 16.7. The van der Waals surface area contributed by atoms with Crippen molar-refractivity contribution in [1.82, 2.24) is 4.57 Å². The lowest BCUT2D eigenvalue weighted by molar-refractivity contribution is -0.138. The van der Waals surface area contributed by atoms with Crippen LogP contribution >= 0.6 is 0 Å². The molecule has 5 aromatic rings. The maximum absolute atomic E-state index is 13.5. The molecule has 2 saturated carbocycles. The Morgan fingerprint density at radius 3 is 1.65 bits per heavy atom. The van der Waals surface area contributed by atoms with Gasteiger partial charge in [-0.2, -0.15) is 0 Å². The van der Waals surface area contributed by atoms with Crippen molar-refractivity contribution in [2.45, 2.75) is 141 Å². The lowest BCUT2D eigenvalue weighted by atomic mass is 9.84. The van der Waals surface area contributed by atoms with Gasteiger partial charge in [0, 0.05) is 72.5 Å². The number of fused-ring (bicyclic) bond motifs is 4. The molecule has 4 aromatic carbocycles. The second-order valence-electron chi connectivity index (χ2n) is 21.6. The summed E-state index contributed by atoms with van der Waals surface area (Å²) in [6.07, 6.45) is 6.74. The number of anilines is 1. The maximum Gasteiger partial charge on any atom is 0.303 e. The van der Waals surface area contributed by atoms with Crippen molar-refractivity contribution in [3.05, 3.63) is 112 Å². The molecular weight excluding hydrogens is 861 g/mol. The third kappa shape index (κ3) is 9.43.